The number of benzene rings is 2. The van der Waals surface area contributed by atoms with E-state index < -0.39 is 0 Å². The maximum Gasteiger partial charge on any atom is 0.161 e. The van der Waals surface area contributed by atoms with E-state index in [1.54, 1.807) is 14.2 Å². The maximum atomic E-state index is 5.38. The van der Waals surface area contributed by atoms with E-state index >= 15 is 0 Å². The summed E-state index contributed by atoms with van der Waals surface area (Å²) in [5, 5.41) is 0. The highest BCUT2D eigenvalue weighted by atomic mass is 79.9. The van der Waals surface area contributed by atoms with Gasteiger partial charge in [-0.2, -0.15) is 0 Å². The summed E-state index contributed by atoms with van der Waals surface area (Å²) in [6, 6.07) is 9.97. The Morgan fingerprint density at radius 2 is 1.38 bits per heavy atom. The molecule has 0 aliphatic rings. The van der Waals surface area contributed by atoms with Gasteiger partial charge in [0, 0.05) is 13.4 Å². The molecule has 1 atom stereocenters. The topological polar surface area (TPSA) is 18.5 Å². The van der Waals surface area contributed by atoms with E-state index in [0.717, 1.165) is 24.5 Å². The predicted molar refractivity (Wildman–Crippen MR) is 99.9 cm³/mol. The van der Waals surface area contributed by atoms with Crippen molar-refractivity contribution in [2.24, 2.45) is 0 Å². The number of ether oxygens (including phenoxy) is 2. The van der Waals surface area contributed by atoms with Crippen LogP contribution in [0.4, 0.5) is 0 Å². The summed E-state index contributed by atoms with van der Waals surface area (Å²) < 4.78 is 13.7. The minimum absolute atomic E-state index is 0.0126. The van der Waals surface area contributed by atoms with Gasteiger partial charge in [-0.25, -0.2) is 0 Å². The fourth-order valence-electron chi connectivity index (χ4n) is 1.94. The zero-order valence-corrected chi connectivity index (χ0v) is 17.6. The number of halogens is 4. The molecule has 0 saturated heterocycles. The van der Waals surface area contributed by atoms with Crippen LogP contribution in [0.5, 0.6) is 11.5 Å². The predicted octanol–water partition coefficient (Wildman–Crippen LogP) is 6.48. The molecule has 0 amide bonds. The summed E-state index contributed by atoms with van der Waals surface area (Å²) in [5.41, 5.74) is 2.18. The first-order valence-electron chi connectivity index (χ1n) is 5.98. The first-order valence-corrected chi connectivity index (χ1v) is 9.27. The van der Waals surface area contributed by atoms with Crippen LogP contribution in [0.2, 0.25) is 0 Å². The van der Waals surface area contributed by atoms with Crippen molar-refractivity contribution in [3.8, 4) is 11.5 Å². The number of alkyl halides is 1. The van der Waals surface area contributed by atoms with Gasteiger partial charge >= 0.3 is 0 Å². The molecule has 6 heteroatoms. The Morgan fingerprint density at radius 1 is 0.810 bits per heavy atom. The molecule has 0 saturated carbocycles. The third kappa shape index (κ3) is 3.84. The van der Waals surface area contributed by atoms with Gasteiger partial charge in [0.25, 0.3) is 0 Å². The van der Waals surface area contributed by atoms with E-state index in [4.69, 9.17) is 9.47 Å². The van der Waals surface area contributed by atoms with Crippen LogP contribution in [0.25, 0.3) is 0 Å². The van der Waals surface area contributed by atoms with Crippen LogP contribution in [-0.2, 0) is 0 Å². The van der Waals surface area contributed by atoms with Crippen LogP contribution < -0.4 is 9.47 Å². The lowest BCUT2D eigenvalue weighted by molar-refractivity contribution is 0.354. The van der Waals surface area contributed by atoms with Crippen molar-refractivity contribution in [2.45, 2.75) is 4.83 Å². The van der Waals surface area contributed by atoms with Crippen molar-refractivity contribution in [3.63, 3.8) is 0 Å². The van der Waals surface area contributed by atoms with Gasteiger partial charge < -0.3 is 9.47 Å². The zero-order chi connectivity index (χ0) is 15.6. The lowest BCUT2D eigenvalue weighted by Crippen LogP contribution is -1.99. The second-order valence-electron chi connectivity index (χ2n) is 4.26. The highest BCUT2D eigenvalue weighted by Gasteiger charge is 2.19. The summed E-state index contributed by atoms with van der Waals surface area (Å²) in [5.74, 6) is 1.40. The standard InChI is InChI=1S/C15H12Br4O2/c1-20-13-6-10(12(18)7-14(13)21-2)15(19)9-5-8(16)3-4-11(9)17/h3-7,15H,1-2H3. The molecule has 0 aliphatic carbocycles. The number of hydrogen-bond acceptors (Lipinski definition) is 2. The molecule has 2 nitrogen and oxygen atoms in total. The van der Waals surface area contributed by atoms with E-state index in [-0.39, 0.29) is 4.83 Å². The lowest BCUT2D eigenvalue weighted by atomic mass is 10.0. The summed E-state index contributed by atoms with van der Waals surface area (Å²) >= 11 is 14.5. The smallest absolute Gasteiger partial charge is 0.161 e. The molecule has 0 spiro atoms. The van der Waals surface area contributed by atoms with Crippen LogP contribution in [0.3, 0.4) is 0 Å². The highest BCUT2D eigenvalue weighted by Crippen LogP contribution is 2.43. The molecule has 112 valence electrons. The van der Waals surface area contributed by atoms with Gasteiger partial charge in [-0.1, -0.05) is 63.7 Å². The molecule has 0 heterocycles. The van der Waals surface area contributed by atoms with E-state index in [0.29, 0.717) is 11.5 Å². The molecule has 2 aromatic rings. The van der Waals surface area contributed by atoms with Gasteiger partial charge in [-0.3, -0.25) is 0 Å². The van der Waals surface area contributed by atoms with Crippen molar-refractivity contribution < 1.29 is 9.47 Å². The Balaban J connectivity index is 2.52. The average Bonchev–Trinajstić information content (AvgIpc) is 2.48. The Hall–Kier alpha value is -0.0400. The Kier molecular flexibility index (Phi) is 6.17. The van der Waals surface area contributed by atoms with E-state index in [1.807, 2.05) is 24.3 Å². The summed E-state index contributed by atoms with van der Waals surface area (Å²) in [4.78, 5) is 0.0126. The molecule has 2 aromatic carbocycles. The molecular formula is C15H12Br4O2. The van der Waals surface area contributed by atoms with Gasteiger partial charge in [0.15, 0.2) is 11.5 Å². The number of methoxy groups -OCH3 is 2. The number of hydrogen-bond donors (Lipinski definition) is 0. The van der Waals surface area contributed by atoms with Crippen molar-refractivity contribution in [3.05, 3.63) is 54.9 Å². The van der Waals surface area contributed by atoms with E-state index in [9.17, 15) is 0 Å². The normalized spacial score (nSPS) is 12.1. The minimum atomic E-state index is 0.0126. The molecule has 1 unspecified atom stereocenters. The van der Waals surface area contributed by atoms with Gasteiger partial charge in [0.05, 0.1) is 19.0 Å². The Labute approximate surface area is 157 Å². The van der Waals surface area contributed by atoms with Crippen molar-refractivity contribution in [1.29, 1.82) is 0 Å². The summed E-state index contributed by atoms with van der Waals surface area (Å²) in [6.07, 6.45) is 0. The molecule has 0 radical (unpaired) electrons. The van der Waals surface area contributed by atoms with Crippen LogP contribution in [0.15, 0.2) is 43.7 Å². The first-order chi connectivity index (χ1) is 9.97. The van der Waals surface area contributed by atoms with Crippen LogP contribution in [0, 0.1) is 0 Å². The van der Waals surface area contributed by atoms with Crippen LogP contribution >= 0.6 is 63.7 Å². The van der Waals surface area contributed by atoms with Gasteiger partial charge in [-0.15, -0.1) is 0 Å². The van der Waals surface area contributed by atoms with Crippen LogP contribution in [-0.4, -0.2) is 14.2 Å². The minimum Gasteiger partial charge on any atom is -0.493 e. The maximum absolute atomic E-state index is 5.38. The first kappa shape index (κ1) is 17.3. The number of rotatable bonds is 4. The second-order valence-corrected chi connectivity index (χ2v) is 7.80. The summed E-state index contributed by atoms with van der Waals surface area (Å²) in [6.45, 7) is 0. The fourth-order valence-corrected chi connectivity index (χ4v) is 4.72. The van der Waals surface area contributed by atoms with Crippen LogP contribution in [0.1, 0.15) is 16.0 Å². The third-order valence-electron chi connectivity index (χ3n) is 3.01. The van der Waals surface area contributed by atoms with Crippen molar-refractivity contribution >= 4 is 63.7 Å². The molecule has 0 N–H and O–H groups in total. The molecule has 0 aliphatic heterocycles. The summed E-state index contributed by atoms with van der Waals surface area (Å²) in [7, 11) is 3.26. The molecule has 21 heavy (non-hydrogen) atoms. The molecule has 0 aromatic heterocycles. The molecule has 0 bridgehead atoms. The van der Waals surface area contributed by atoms with Crippen molar-refractivity contribution in [2.75, 3.05) is 14.2 Å². The Bertz CT molecular complexity index is 658. The van der Waals surface area contributed by atoms with Gasteiger partial charge in [0.2, 0.25) is 0 Å². The Morgan fingerprint density at radius 3 is 2.00 bits per heavy atom. The van der Waals surface area contributed by atoms with Gasteiger partial charge in [0.1, 0.15) is 0 Å². The molecule has 2 rings (SSSR count). The SMILES string of the molecule is COc1cc(Br)c(C(Br)c2cc(Br)ccc2Br)cc1OC. The fraction of sp³-hybridized carbons (Fsp3) is 0.200. The lowest BCUT2D eigenvalue weighted by Gasteiger charge is -2.17. The van der Waals surface area contributed by atoms with Gasteiger partial charge in [-0.05, 0) is 41.5 Å². The highest BCUT2D eigenvalue weighted by molar-refractivity contribution is 9.11. The third-order valence-corrected chi connectivity index (χ3v) is 5.90. The molecular weight excluding hydrogens is 532 g/mol. The van der Waals surface area contributed by atoms with Crippen molar-refractivity contribution in [1.82, 2.24) is 0 Å². The second kappa shape index (κ2) is 7.49. The average molecular weight is 544 g/mol. The monoisotopic (exact) mass is 540 g/mol. The largest absolute Gasteiger partial charge is 0.493 e. The molecule has 0 fully saturated rings. The van der Waals surface area contributed by atoms with E-state index in [2.05, 4.69) is 69.8 Å². The van der Waals surface area contributed by atoms with E-state index in [1.165, 1.54) is 0 Å². The zero-order valence-electron chi connectivity index (χ0n) is 11.3. The quantitative estimate of drug-likeness (QED) is 0.411.